The second-order valence-corrected chi connectivity index (χ2v) is 6.63. The molecule has 0 saturated heterocycles. The maximum atomic E-state index is 4.79. The van der Waals surface area contributed by atoms with Crippen molar-refractivity contribution in [1.29, 1.82) is 0 Å². The summed E-state index contributed by atoms with van der Waals surface area (Å²) in [5.74, 6) is 0.799. The van der Waals surface area contributed by atoms with Gasteiger partial charge < -0.3 is 0 Å². The predicted octanol–water partition coefficient (Wildman–Crippen LogP) is 5.99. The van der Waals surface area contributed by atoms with Crippen LogP contribution >= 0.6 is 11.3 Å². The highest BCUT2D eigenvalue weighted by Gasteiger charge is 2.10. The number of aromatic nitrogens is 2. The van der Waals surface area contributed by atoms with Crippen LogP contribution in [0.15, 0.2) is 54.0 Å². The molecule has 0 unspecified atom stereocenters. The van der Waals surface area contributed by atoms with E-state index in [0.717, 1.165) is 23.5 Å². The van der Waals surface area contributed by atoms with Crippen LogP contribution in [0.3, 0.4) is 0 Å². The molecule has 0 atom stereocenters. The number of hydrogen-bond acceptors (Lipinski definition) is 3. The molecular formula is C20H22N2S. The first-order chi connectivity index (χ1) is 11.4. The summed E-state index contributed by atoms with van der Waals surface area (Å²) >= 11 is 1.78. The summed E-state index contributed by atoms with van der Waals surface area (Å²) in [7, 11) is 0. The van der Waals surface area contributed by atoms with Gasteiger partial charge in [0.25, 0.3) is 0 Å². The van der Waals surface area contributed by atoms with Gasteiger partial charge in [-0.3, -0.25) is 0 Å². The molecule has 0 spiro atoms. The van der Waals surface area contributed by atoms with E-state index in [1.165, 1.54) is 36.1 Å². The zero-order valence-electron chi connectivity index (χ0n) is 13.5. The monoisotopic (exact) mass is 322 g/mol. The largest absolute Gasteiger partial charge is 0.237 e. The molecule has 3 rings (SSSR count). The van der Waals surface area contributed by atoms with Gasteiger partial charge in [-0.05, 0) is 35.9 Å². The molecular weight excluding hydrogens is 300 g/mol. The molecule has 0 aliphatic carbocycles. The van der Waals surface area contributed by atoms with Crippen LogP contribution in [-0.2, 0) is 6.42 Å². The summed E-state index contributed by atoms with van der Waals surface area (Å²) in [5.41, 5.74) is 3.53. The molecule has 0 N–H and O–H groups in total. The van der Waals surface area contributed by atoms with Crippen LogP contribution in [0.4, 0.5) is 0 Å². The van der Waals surface area contributed by atoms with E-state index in [4.69, 9.17) is 4.98 Å². The zero-order valence-corrected chi connectivity index (χ0v) is 14.4. The fourth-order valence-electron chi connectivity index (χ4n) is 2.71. The van der Waals surface area contributed by atoms with Gasteiger partial charge in [0.15, 0.2) is 5.82 Å². The number of nitrogens with zero attached hydrogens (tertiary/aromatic N) is 2. The second-order valence-electron chi connectivity index (χ2n) is 5.72. The van der Waals surface area contributed by atoms with Crippen LogP contribution in [0.1, 0.15) is 38.2 Å². The Bertz CT molecular complexity index is 734. The summed E-state index contributed by atoms with van der Waals surface area (Å²) in [6, 6.07) is 14.4. The Hall–Kier alpha value is -2.00. The smallest absolute Gasteiger partial charge is 0.159 e. The quantitative estimate of drug-likeness (QED) is 0.499. The van der Waals surface area contributed by atoms with E-state index in [0.29, 0.717) is 0 Å². The fourth-order valence-corrected chi connectivity index (χ4v) is 3.64. The molecule has 0 aliphatic heterocycles. The van der Waals surface area contributed by atoms with Gasteiger partial charge in [-0.15, -0.1) is 11.3 Å². The van der Waals surface area contributed by atoms with E-state index in [1.807, 2.05) is 30.5 Å². The highest BCUT2D eigenvalue weighted by atomic mass is 32.1. The standard InChI is InChI=1S/C20H22N2S/c1-2-3-4-6-9-16-13-15-23-19(16)18-12-14-21-20(22-18)17-10-7-5-8-11-17/h5,7-8,10-15H,2-4,6,9H2,1H3. The second kappa shape index (κ2) is 8.02. The van der Waals surface area contributed by atoms with Crippen molar-refractivity contribution in [3.05, 3.63) is 59.6 Å². The van der Waals surface area contributed by atoms with Crippen molar-refractivity contribution in [2.75, 3.05) is 0 Å². The first-order valence-corrected chi connectivity index (χ1v) is 9.21. The molecule has 0 amide bonds. The molecule has 0 aliphatic rings. The third-order valence-electron chi connectivity index (χ3n) is 3.97. The Morgan fingerprint density at radius 1 is 0.957 bits per heavy atom. The minimum atomic E-state index is 0.799. The maximum Gasteiger partial charge on any atom is 0.159 e. The van der Waals surface area contributed by atoms with Gasteiger partial charge in [-0.25, -0.2) is 9.97 Å². The molecule has 118 valence electrons. The predicted molar refractivity (Wildman–Crippen MR) is 98.6 cm³/mol. The third kappa shape index (κ3) is 4.05. The Morgan fingerprint density at radius 3 is 2.65 bits per heavy atom. The van der Waals surface area contributed by atoms with Crippen molar-refractivity contribution in [2.45, 2.75) is 39.0 Å². The molecule has 0 radical (unpaired) electrons. The SMILES string of the molecule is CCCCCCc1ccsc1-c1ccnc(-c2ccccc2)n1. The number of unbranched alkanes of at least 4 members (excludes halogenated alkanes) is 3. The topological polar surface area (TPSA) is 25.8 Å². The molecule has 2 aromatic heterocycles. The van der Waals surface area contributed by atoms with Crippen LogP contribution in [0.25, 0.3) is 22.0 Å². The maximum absolute atomic E-state index is 4.79. The minimum Gasteiger partial charge on any atom is -0.237 e. The van der Waals surface area contributed by atoms with Crippen LogP contribution in [0, 0.1) is 0 Å². The zero-order chi connectivity index (χ0) is 15.9. The lowest BCUT2D eigenvalue weighted by Crippen LogP contribution is -1.92. The molecule has 23 heavy (non-hydrogen) atoms. The van der Waals surface area contributed by atoms with E-state index < -0.39 is 0 Å². The van der Waals surface area contributed by atoms with Gasteiger partial charge in [0, 0.05) is 11.8 Å². The van der Waals surface area contributed by atoms with Gasteiger partial charge >= 0.3 is 0 Å². The van der Waals surface area contributed by atoms with Crippen molar-refractivity contribution >= 4 is 11.3 Å². The average Bonchev–Trinajstić information content (AvgIpc) is 3.08. The van der Waals surface area contributed by atoms with Crippen LogP contribution < -0.4 is 0 Å². The van der Waals surface area contributed by atoms with E-state index >= 15 is 0 Å². The Balaban J connectivity index is 1.81. The van der Waals surface area contributed by atoms with Gasteiger partial charge in [-0.2, -0.15) is 0 Å². The fraction of sp³-hybridized carbons (Fsp3) is 0.300. The summed E-state index contributed by atoms with van der Waals surface area (Å²) in [5, 5.41) is 2.18. The van der Waals surface area contributed by atoms with Crippen molar-refractivity contribution in [2.24, 2.45) is 0 Å². The van der Waals surface area contributed by atoms with Gasteiger partial charge in [0.1, 0.15) is 0 Å². The Morgan fingerprint density at radius 2 is 1.83 bits per heavy atom. The van der Waals surface area contributed by atoms with E-state index in [2.05, 4.69) is 35.5 Å². The molecule has 3 heteroatoms. The van der Waals surface area contributed by atoms with Crippen LogP contribution in [0.5, 0.6) is 0 Å². The number of rotatable bonds is 7. The summed E-state index contributed by atoms with van der Waals surface area (Å²) < 4.78 is 0. The molecule has 2 heterocycles. The normalized spacial score (nSPS) is 10.8. The van der Waals surface area contributed by atoms with Crippen LogP contribution in [-0.4, -0.2) is 9.97 Å². The molecule has 2 nitrogen and oxygen atoms in total. The molecule has 0 saturated carbocycles. The third-order valence-corrected chi connectivity index (χ3v) is 4.95. The van der Waals surface area contributed by atoms with E-state index in [-0.39, 0.29) is 0 Å². The molecule has 1 aromatic carbocycles. The summed E-state index contributed by atoms with van der Waals surface area (Å²) in [6.45, 7) is 2.25. The van der Waals surface area contributed by atoms with E-state index in [9.17, 15) is 0 Å². The highest BCUT2D eigenvalue weighted by molar-refractivity contribution is 7.13. The van der Waals surface area contributed by atoms with Gasteiger partial charge in [0.2, 0.25) is 0 Å². The Kier molecular flexibility index (Phi) is 5.54. The number of aryl methyl sites for hydroxylation is 1. The van der Waals surface area contributed by atoms with Crippen molar-refractivity contribution in [3.8, 4) is 22.0 Å². The van der Waals surface area contributed by atoms with Crippen molar-refractivity contribution < 1.29 is 0 Å². The number of hydrogen-bond donors (Lipinski definition) is 0. The summed E-state index contributed by atoms with van der Waals surface area (Å²) in [6.07, 6.45) is 8.18. The number of thiophene rings is 1. The first kappa shape index (κ1) is 15.9. The molecule has 0 fully saturated rings. The van der Waals surface area contributed by atoms with E-state index in [1.54, 1.807) is 11.3 Å². The van der Waals surface area contributed by atoms with Crippen LogP contribution in [0.2, 0.25) is 0 Å². The summed E-state index contributed by atoms with van der Waals surface area (Å²) in [4.78, 5) is 10.5. The highest BCUT2D eigenvalue weighted by Crippen LogP contribution is 2.30. The first-order valence-electron chi connectivity index (χ1n) is 8.33. The molecule has 0 bridgehead atoms. The average molecular weight is 322 g/mol. The number of benzene rings is 1. The minimum absolute atomic E-state index is 0.799. The van der Waals surface area contributed by atoms with Crippen molar-refractivity contribution in [1.82, 2.24) is 9.97 Å². The van der Waals surface area contributed by atoms with Crippen molar-refractivity contribution in [3.63, 3.8) is 0 Å². The molecule has 3 aromatic rings. The van der Waals surface area contributed by atoms with Gasteiger partial charge in [0.05, 0.1) is 10.6 Å². The lowest BCUT2D eigenvalue weighted by Gasteiger charge is -2.06. The Labute approximate surface area is 142 Å². The van der Waals surface area contributed by atoms with Gasteiger partial charge in [-0.1, -0.05) is 56.5 Å². The lowest BCUT2D eigenvalue weighted by molar-refractivity contribution is 0.668. The lowest BCUT2D eigenvalue weighted by atomic mass is 10.1.